The fourth-order valence-electron chi connectivity index (χ4n) is 2.16. The van der Waals surface area contributed by atoms with Gasteiger partial charge >= 0.3 is 0 Å². The Kier molecular flexibility index (Phi) is 2.52. The summed E-state index contributed by atoms with van der Waals surface area (Å²) in [6.45, 7) is -0.0135. The first kappa shape index (κ1) is 9.97. The zero-order valence-electron chi connectivity index (χ0n) is 7.96. The Hall–Kier alpha value is -0.570. The first-order valence-electron chi connectivity index (χ1n) is 4.85. The average molecular weight is 212 g/mol. The molecule has 1 aromatic rings. The van der Waals surface area contributed by atoms with Gasteiger partial charge in [-0.05, 0) is 36.5 Å². The van der Waals surface area contributed by atoms with Gasteiger partial charge in [0.25, 0.3) is 0 Å². The third-order valence-corrected chi connectivity index (χ3v) is 3.34. The summed E-state index contributed by atoms with van der Waals surface area (Å²) in [7, 11) is 0. The van der Waals surface area contributed by atoms with E-state index in [2.05, 4.69) is 0 Å². The Morgan fingerprint density at radius 1 is 1.50 bits per heavy atom. The van der Waals surface area contributed by atoms with Crippen LogP contribution in [0.15, 0.2) is 18.2 Å². The minimum atomic E-state index is -0.585. The predicted octanol–water partition coefficient (Wildman–Crippen LogP) is 1.82. The summed E-state index contributed by atoms with van der Waals surface area (Å²) in [4.78, 5) is 0. The molecule has 0 aliphatic heterocycles. The summed E-state index contributed by atoms with van der Waals surface area (Å²) < 4.78 is 0. The van der Waals surface area contributed by atoms with Crippen molar-refractivity contribution in [2.75, 3.05) is 6.61 Å². The Balaban J connectivity index is 2.55. The van der Waals surface area contributed by atoms with Crippen LogP contribution in [-0.2, 0) is 12.0 Å². The minimum Gasteiger partial charge on any atom is -0.394 e. The van der Waals surface area contributed by atoms with Crippen LogP contribution in [0.1, 0.15) is 24.0 Å². The van der Waals surface area contributed by atoms with Crippen molar-refractivity contribution < 1.29 is 5.11 Å². The fraction of sp³-hybridized carbons (Fsp3) is 0.455. The van der Waals surface area contributed by atoms with Crippen molar-refractivity contribution in [3.63, 3.8) is 0 Å². The fourth-order valence-corrected chi connectivity index (χ4v) is 2.43. The molecular formula is C11H14ClNO. The summed E-state index contributed by atoms with van der Waals surface area (Å²) in [6.07, 6.45) is 2.79. The molecule has 0 saturated carbocycles. The molecule has 1 aliphatic rings. The molecule has 0 heterocycles. The molecule has 0 radical (unpaired) electrons. The van der Waals surface area contributed by atoms with Crippen LogP contribution < -0.4 is 5.73 Å². The van der Waals surface area contributed by atoms with Crippen LogP contribution in [0.4, 0.5) is 0 Å². The molecule has 1 unspecified atom stereocenters. The van der Waals surface area contributed by atoms with Gasteiger partial charge in [0.15, 0.2) is 0 Å². The molecule has 0 saturated heterocycles. The van der Waals surface area contributed by atoms with E-state index in [4.69, 9.17) is 17.3 Å². The molecule has 3 heteroatoms. The van der Waals surface area contributed by atoms with Gasteiger partial charge in [-0.2, -0.15) is 0 Å². The molecule has 0 spiro atoms. The van der Waals surface area contributed by atoms with Gasteiger partial charge in [-0.1, -0.05) is 23.7 Å². The minimum absolute atomic E-state index is 0.0135. The molecule has 0 fully saturated rings. The Morgan fingerprint density at radius 2 is 2.29 bits per heavy atom. The summed E-state index contributed by atoms with van der Waals surface area (Å²) >= 11 is 6.09. The lowest BCUT2D eigenvalue weighted by Crippen LogP contribution is -2.43. The highest BCUT2D eigenvalue weighted by molar-refractivity contribution is 6.31. The van der Waals surface area contributed by atoms with Gasteiger partial charge in [-0.15, -0.1) is 0 Å². The maximum Gasteiger partial charge on any atom is 0.0653 e. The molecule has 1 atom stereocenters. The highest BCUT2D eigenvalue weighted by Crippen LogP contribution is 2.36. The van der Waals surface area contributed by atoms with Gasteiger partial charge < -0.3 is 10.8 Å². The summed E-state index contributed by atoms with van der Waals surface area (Å²) in [6, 6.07) is 5.74. The molecular weight excluding hydrogens is 198 g/mol. The maximum atomic E-state index is 9.32. The number of benzene rings is 1. The van der Waals surface area contributed by atoms with Gasteiger partial charge in [-0.25, -0.2) is 0 Å². The second kappa shape index (κ2) is 3.54. The monoisotopic (exact) mass is 211 g/mol. The maximum absolute atomic E-state index is 9.32. The lowest BCUT2D eigenvalue weighted by molar-refractivity contribution is 0.179. The predicted molar refractivity (Wildman–Crippen MR) is 57.3 cm³/mol. The zero-order chi connectivity index (χ0) is 10.2. The summed E-state index contributed by atoms with van der Waals surface area (Å²) in [5, 5.41) is 10.1. The van der Waals surface area contributed by atoms with E-state index in [1.807, 2.05) is 18.2 Å². The first-order valence-corrected chi connectivity index (χ1v) is 5.23. The van der Waals surface area contributed by atoms with E-state index < -0.39 is 5.54 Å². The Bertz CT molecular complexity index is 353. The lowest BCUT2D eigenvalue weighted by atomic mass is 9.78. The van der Waals surface area contributed by atoms with Crippen LogP contribution in [0.5, 0.6) is 0 Å². The van der Waals surface area contributed by atoms with Crippen molar-refractivity contribution >= 4 is 11.6 Å². The molecule has 2 nitrogen and oxygen atoms in total. The van der Waals surface area contributed by atoms with Crippen molar-refractivity contribution in [1.82, 2.24) is 0 Å². The van der Waals surface area contributed by atoms with Crippen molar-refractivity contribution in [3.8, 4) is 0 Å². The molecule has 0 aromatic heterocycles. The van der Waals surface area contributed by atoms with Gasteiger partial charge in [0, 0.05) is 5.02 Å². The van der Waals surface area contributed by atoms with E-state index in [-0.39, 0.29) is 6.61 Å². The molecule has 76 valence electrons. The van der Waals surface area contributed by atoms with Crippen molar-refractivity contribution in [3.05, 3.63) is 34.3 Å². The smallest absolute Gasteiger partial charge is 0.0653 e. The number of hydrogen-bond acceptors (Lipinski definition) is 2. The number of halogens is 1. The van der Waals surface area contributed by atoms with E-state index in [9.17, 15) is 5.11 Å². The van der Waals surface area contributed by atoms with Crippen molar-refractivity contribution in [2.45, 2.75) is 24.8 Å². The van der Waals surface area contributed by atoms with Crippen LogP contribution in [0.2, 0.25) is 5.02 Å². The van der Waals surface area contributed by atoms with Gasteiger partial charge in [0.1, 0.15) is 0 Å². The topological polar surface area (TPSA) is 46.2 Å². The quantitative estimate of drug-likeness (QED) is 0.745. The van der Waals surface area contributed by atoms with Crippen LogP contribution in [-0.4, -0.2) is 11.7 Å². The molecule has 14 heavy (non-hydrogen) atoms. The largest absolute Gasteiger partial charge is 0.394 e. The number of fused-ring (bicyclic) bond motifs is 1. The van der Waals surface area contributed by atoms with Gasteiger partial charge in [0.05, 0.1) is 12.1 Å². The lowest BCUT2D eigenvalue weighted by Gasteiger charge is -2.34. The number of aliphatic hydroxyl groups is 1. The van der Waals surface area contributed by atoms with E-state index in [1.165, 1.54) is 0 Å². The van der Waals surface area contributed by atoms with Crippen molar-refractivity contribution in [2.24, 2.45) is 5.73 Å². The van der Waals surface area contributed by atoms with Crippen molar-refractivity contribution in [1.29, 1.82) is 0 Å². The second-order valence-electron chi connectivity index (χ2n) is 3.93. The molecule has 2 rings (SSSR count). The summed E-state index contributed by atoms with van der Waals surface area (Å²) in [5.41, 5.74) is 7.67. The second-order valence-corrected chi connectivity index (χ2v) is 4.34. The van der Waals surface area contributed by atoms with Crippen LogP contribution in [0, 0.1) is 0 Å². The Morgan fingerprint density at radius 3 is 3.00 bits per heavy atom. The van der Waals surface area contributed by atoms with Gasteiger partial charge in [0.2, 0.25) is 0 Å². The van der Waals surface area contributed by atoms with Gasteiger partial charge in [-0.3, -0.25) is 0 Å². The van der Waals surface area contributed by atoms with E-state index in [0.29, 0.717) is 0 Å². The molecule has 1 aromatic carbocycles. The Labute approximate surface area is 88.7 Å². The van der Waals surface area contributed by atoms with E-state index in [1.54, 1.807) is 0 Å². The number of rotatable bonds is 1. The van der Waals surface area contributed by atoms with Crippen LogP contribution in [0.3, 0.4) is 0 Å². The van der Waals surface area contributed by atoms with Crippen LogP contribution in [0.25, 0.3) is 0 Å². The first-order chi connectivity index (χ1) is 6.67. The highest BCUT2D eigenvalue weighted by atomic mass is 35.5. The molecule has 0 bridgehead atoms. The number of hydrogen-bond donors (Lipinski definition) is 2. The van der Waals surface area contributed by atoms with E-state index in [0.717, 1.165) is 35.4 Å². The van der Waals surface area contributed by atoms with E-state index >= 15 is 0 Å². The molecule has 3 N–H and O–H groups in total. The zero-order valence-corrected chi connectivity index (χ0v) is 8.72. The third-order valence-electron chi connectivity index (χ3n) is 2.99. The standard InChI is InChI=1S/C11H14ClNO/c12-10-5-1-4-9-8(10)3-2-6-11(9,13)7-14/h1,4-5,14H,2-3,6-7,13H2. The number of nitrogens with two attached hydrogens (primary N) is 1. The summed E-state index contributed by atoms with van der Waals surface area (Å²) in [5.74, 6) is 0. The average Bonchev–Trinajstić information content (AvgIpc) is 2.20. The number of aliphatic hydroxyl groups excluding tert-OH is 1. The normalized spacial score (nSPS) is 25.9. The van der Waals surface area contributed by atoms with Crippen LogP contribution >= 0.6 is 11.6 Å². The third kappa shape index (κ3) is 1.44. The molecule has 1 aliphatic carbocycles. The molecule has 0 amide bonds. The highest BCUT2D eigenvalue weighted by Gasteiger charge is 2.32. The SMILES string of the molecule is NC1(CO)CCCc2c(Cl)cccc21.